The molecule has 0 N–H and O–H groups in total. The van der Waals surface area contributed by atoms with Crippen molar-refractivity contribution in [3.8, 4) is 0 Å². The SMILES string of the molecule is CC(C)(C)[Si](OC[C@@H]1[C@H]2CC(=O)C[C@@]2(CCc2ccccc2)C[C@H]1OC1CCCCO1)(c1ccccc1)c1ccccc1. The number of carbonyl (C=O) groups excluding carboxylic acids is 1. The molecule has 1 saturated heterocycles. The molecule has 2 saturated carbocycles. The van der Waals surface area contributed by atoms with Gasteiger partial charge in [0.1, 0.15) is 5.78 Å². The van der Waals surface area contributed by atoms with Gasteiger partial charge in [-0.25, -0.2) is 0 Å². The van der Waals surface area contributed by atoms with Gasteiger partial charge >= 0.3 is 0 Å². The molecule has 0 radical (unpaired) electrons. The van der Waals surface area contributed by atoms with Crippen LogP contribution in [-0.2, 0) is 25.1 Å². The van der Waals surface area contributed by atoms with Gasteiger partial charge < -0.3 is 13.9 Å². The van der Waals surface area contributed by atoms with Gasteiger partial charge in [-0.05, 0) is 70.8 Å². The quantitative estimate of drug-likeness (QED) is 0.234. The molecule has 1 unspecified atom stereocenters. The minimum atomic E-state index is -2.73. The Morgan fingerprint density at radius 1 is 0.884 bits per heavy atom. The van der Waals surface area contributed by atoms with Crippen LogP contribution in [0.2, 0.25) is 5.04 Å². The van der Waals surface area contributed by atoms with Gasteiger partial charge in [0, 0.05) is 32.0 Å². The number of rotatable bonds is 10. The van der Waals surface area contributed by atoms with Gasteiger partial charge in [-0.2, -0.15) is 0 Å². The Morgan fingerprint density at radius 3 is 2.09 bits per heavy atom. The molecule has 0 aromatic heterocycles. The van der Waals surface area contributed by atoms with E-state index in [1.54, 1.807) is 0 Å². The fourth-order valence-electron chi connectivity index (χ4n) is 8.48. The average molecular weight is 597 g/mol. The topological polar surface area (TPSA) is 44.8 Å². The fourth-order valence-corrected chi connectivity index (χ4v) is 13.1. The summed E-state index contributed by atoms with van der Waals surface area (Å²) < 4.78 is 20.5. The Hall–Kier alpha value is -2.57. The van der Waals surface area contributed by atoms with E-state index in [0.717, 1.165) is 45.1 Å². The van der Waals surface area contributed by atoms with Crippen LogP contribution in [0.5, 0.6) is 0 Å². The van der Waals surface area contributed by atoms with E-state index in [-0.39, 0.29) is 34.7 Å². The Kier molecular flexibility index (Phi) is 9.07. The highest BCUT2D eigenvalue weighted by atomic mass is 28.4. The maximum Gasteiger partial charge on any atom is 0.261 e. The van der Waals surface area contributed by atoms with Crippen molar-refractivity contribution in [2.75, 3.05) is 13.2 Å². The second kappa shape index (κ2) is 12.8. The molecule has 228 valence electrons. The zero-order valence-electron chi connectivity index (χ0n) is 26.2. The monoisotopic (exact) mass is 596 g/mol. The summed E-state index contributed by atoms with van der Waals surface area (Å²) in [6, 6.07) is 32.5. The molecule has 4 nitrogen and oxygen atoms in total. The van der Waals surface area contributed by atoms with E-state index >= 15 is 0 Å². The highest BCUT2D eigenvalue weighted by Crippen LogP contribution is 2.59. The number of benzene rings is 3. The third kappa shape index (κ3) is 6.19. The van der Waals surface area contributed by atoms with Crippen LogP contribution in [0.1, 0.15) is 71.3 Å². The third-order valence-electron chi connectivity index (χ3n) is 10.5. The molecule has 1 aliphatic heterocycles. The molecular weight excluding hydrogens is 549 g/mol. The maximum absolute atomic E-state index is 13.2. The third-order valence-corrected chi connectivity index (χ3v) is 15.5. The van der Waals surface area contributed by atoms with Crippen LogP contribution >= 0.6 is 0 Å². The molecule has 3 aromatic rings. The fraction of sp³-hybridized carbons (Fsp3) is 0.500. The van der Waals surface area contributed by atoms with Crippen molar-refractivity contribution in [1.29, 1.82) is 0 Å². The molecule has 2 aliphatic carbocycles. The Balaban J connectivity index is 1.35. The standard InChI is InChI=1S/C38H48O4Si/c1-37(2,3)43(31-17-9-5-10-18-31,32-19-11-6-12-20-32)41-28-33-34-25-30(39)26-38(34,23-22-29-15-7-4-8-16-29)27-35(33)42-36-21-13-14-24-40-36/h4-12,15-20,33-36H,13-14,21-28H2,1-3H3/t33-,34-,35-,36?,38+/m1/s1. The van der Waals surface area contributed by atoms with Gasteiger partial charge in [0.2, 0.25) is 0 Å². The van der Waals surface area contributed by atoms with E-state index in [9.17, 15) is 4.79 Å². The second-order valence-corrected chi connectivity index (χ2v) is 18.5. The Morgan fingerprint density at radius 2 is 1.51 bits per heavy atom. The van der Waals surface area contributed by atoms with Crippen molar-refractivity contribution in [2.45, 2.75) is 89.6 Å². The summed E-state index contributed by atoms with van der Waals surface area (Å²) in [5.41, 5.74) is 1.29. The molecule has 1 heterocycles. The molecule has 5 atom stereocenters. The predicted molar refractivity (Wildman–Crippen MR) is 175 cm³/mol. The molecule has 6 rings (SSSR count). The second-order valence-electron chi connectivity index (χ2n) is 14.2. The normalized spacial score (nSPS) is 27.7. The number of hydrogen-bond donors (Lipinski definition) is 0. The van der Waals surface area contributed by atoms with Gasteiger partial charge in [-0.3, -0.25) is 4.79 Å². The molecule has 0 bridgehead atoms. The molecular formula is C38H48O4Si. The van der Waals surface area contributed by atoms with Crippen molar-refractivity contribution in [1.82, 2.24) is 0 Å². The van der Waals surface area contributed by atoms with Crippen LogP contribution in [0.15, 0.2) is 91.0 Å². The van der Waals surface area contributed by atoms with Crippen LogP contribution in [0.4, 0.5) is 0 Å². The lowest BCUT2D eigenvalue weighted by Crippen LogP contribution is -2.67. The van der Waals surface area contributed by atoms with Crippen molar-refractivity contribution in [3.05, 3.63) is 96.6 Å². The lowest BCUT2D eigenvalue weighted by molar-refractivity contribution is -0.198. The molecule has 0 spiro atoms. The number of Topliss-reactive ketones (excluding diaryl/α,β-unsaturated/α-hetero) is 1. The first-order valence-corrected chi connectivity index (χ1v) is 18.3. The minimum Gasteiger partial charge on any atom is -0.407 e. The van der Waals surface area contributed by atoms with Crippen LogP contribution in [-0.4, -0.2) is 39.7 Å². The number of aryl methyl sites for hydroxylation is 1. The summed E-state index contributed by atoms with van der Waals surface area (Å²) >= 11 is 0. The predicted octanol–water partition coefficient (Wildman–Crippen LogP) is 7.09. The first-order chi connectivity index (χ1) is 20.8. The number of carbonyl (C=O) groups is 1. The van der Waals surface area contributed by atoms with E-state index in [0.29, 0.717) is 25.2 Å². The Labute approximate surface area is 259 Å². The van der Waals surface area contributed by atoms with Crippen LogP contribution in [0.25, 0.3) is 0 Å². The smallest absolute Gasteiger partial charge is 0.261 e. The van der Waals surface area contributed by atoms with Gasteiger partial charge in [0.15, 0.2) is 6.29 Å². The highest BCUT2D eigenvalue weighted by molar-refractivity contribution is 6.99. The summed E-state index contributed by atoms with van der Waals surface area (Å²) in [6.45, 7) is 8.36. The van der Waals surface area contributed by atoms with Gasteiger partial charge in [-0.1, -0.05) is 112 Å². The van der Waals surface area contributed by atoms with E-state index in [4.69, 9.17) is 13.9 Å². The number of ether oxygens (including phenoxy) is 2. The maximum atomic E-state index is 13.2. The summed E-state index contributed by atoms with van der Waals surface area (Å²) in [6.07, 6.45) is 7.24. The van der Waals surface area contributed by atoms with Crippen LogP contribution in [0.3, 0.4) is 0 Å². The van der Waals surface area contributed by atoms with Crippen molar-refractivity contribution >= 4 is 24.5 Å². The van der Waals surface area contributed by atoms with E-state index in [2.05, 4.69) is 112 Å². The molecule has 0 amide bonds. The summed E-state index contributed by atoms with van der Waals surface area (Å²) in [7, 11) is -2.73. The Bertz CT molecular complexity index is 1290. The van der Waals surface area contributed by atoms with Crippen molar-refractivity contribution in [2.24, 2.45) is 17.3 Å². The molecule has 3 aromatic carbocycles. The lowest BCUT2D eigenvalue weighted by Gasteiger charge is -2.44. The average Bonchev–Trinajstić information content (AvgIpc) is 3.48. The van der Waals surface area contributed by atoms with Crippen molar-refractivity contribution in [3.63, 3.8) is 0 Å². The van der Waals surface area contributed by atoms with Gasteiger partial charge in [-0.15, -0.1) is 0 Å². The molecule has 3 aliphatic rings. The lowest BCUT2D eigenvalue weighted by atomic mass is 9.74. The number of ketones is 1. The summed E-state index contributed by atoms with van der Waals surface area (Å²) in [4.78, 5) is 13.2. The summed E-state index contributed by atoms with van der Waals surface area (Å²) in [5, 5.41) is 2.47. The number of hydrogen-bond acceptors (Lipinski definition) is 4. The van der Waals surface area contributed by atoms with E-state index < -0.39 is 8.32 Å². The minimum absolute atomic E-state index is 0.0233. The first-order valence-electron chi connectivity index (χ1n) is 16.4. The zero-order chi connectivity index (χ0) is 29.9. The highest BCUT2D eigenvalue weighted by Gasteiger charge is 2.60. The van der Waals surface area contributed by atoms with Crippen LogP contribution in [0, 0.1) is 17.3 Å². The number of fused-ring (bicyclic) bond motifs is 1. The first kappa shape index (κ1) is 30.5. The zero-order valence-corrected chi connectivity index (χ0v) is 27.2. The van der Waals surface area contributed by atoms with E-state index in [1.807, 2.05) is 0 Å². The van der Waals surface area contributed by atoms with E-state index in [1.165, 1.54) is 15.9 Å². The van der Waals surface area contributed by atoms with Crippen molar-refractivity contribution < 1.29 is 18.7 Å². The van der Waals surface area contributed by atoms with Crippen LogP contribution < -0.4 is 10.4 Å². The molecule has 5 heteroatoms. The summed E-state index contributed by atoms with van der Waals surface area (Å²) in [5.74, 6) is 0.811. The molecule has 43 heavy (non-hydrogen) atoms. The molecule has 3 fully saturated rings. The largest absolute Gasteiger partial charge is 0.407 e. The van der Waals surface area contributed by atoms with Gasteiger partial charge in [0.25, 0.3) is 8.32 Å². The van der Waals surface area contributed by atoms with Gasteiger partial charge in [0.05, 0.1) is 6.10 Å².